The third-order valence-electron chi connectivity index (χ3n) is 5.45. The topological polar surface area (TPSA) is 71.8 Å². The molecule has 0 unspecified atom stereocenters. The number of nitrogens with zero attached hydrogens (tertiary/aromatic N) is 3. The Bertz CT molecular complexity index is 1020. The molecule has 0 spiro atoms. The van der Waals surface area contributed by atoms with Crippen molar-refractivity contribution in [1.82, 2.24) is 19.9 Å². The number of amides is 1. The molecule has 1 aliphatic carbocycles. The maximum atomic E-state index is 12.6. The predicted molar refractivity (Wildman–Crippen MR) is 117 cm³/mol. The molecule has 8 heteroatoms. The summed E-state index contributed by atoms with van der Waals surface area (Å²) in [5.41, 5.74) is 2.39. The molecule has 6 nitrogen and oxygen atoms in total. The van der Waals surface area contributed by atoms with Crippen molar-refractivity contribution in [3.63, 3.8) is 0 Å². The normalized spacial score (nSPS) is 14.9. The fourth-order valence-electron chi connectivity index (χ4n) is 3.77. The van der Waals surface area contributed by atoms with Gasteiger partial charge in [0.05, 0.1) is 21.3 Å². The van der Waals surface area contributed by atoms with Gasteiger partial charge in [0, 0.05) is 19.8 Å². The van der Waals surface area contributed by atoms with Crippen molar-refractivity contribution in [3.8, 4) is 0 Å². The van der Waals surface area contributed by atoms with E-state index in [1.54, 1.807) is 35.0 Å². The summed E-state index contributed by atoms with van der Waals surface area (Å²) in [5, 5.41) is 7.21. The Morgan fingerprint density at radius 1 is 1.21 bits per heavy atom. The van der Waals surface area contributed by atoms with E-state index in [1.165, 1.54) is 32.1 Å². The number of fused-ring (bicyclic) bond motifs is 1. The minimum atomic E-state index is -0.112. The quantitative estimate of drug-likeness (QED) is 0.572. The van der Waals surface area contributed by atoms with E-state index in [0.717, 1.165) is 6.54 Å². The average Bonchev–Trinajstić information content (AvgIpc) is 3.04. The van der Waals surface area contributed by atoms with Gasteiger partial charge in [0.1, 0.15) is 5.52 Å². The van der Waals surface area contributed by atoms with Crippen LogP contribution in [0.25, 0.3) is 11.2 Å². The second-order valence-corrected chi connectivity index (χ2v) is 8.31. The first-order chi connectivity index (χ1) is 14.0. The van der Waals surface area contributed by atoms with Gasteiger partial charge in [-0.1, -0.05) is 48.5 Å². The fraction of sp³-hybridized carbons (Fsp3) is 0.381. The lowest BCUT2D eigenvalue weighted by Crippen LogP contribution is -2.30. The lowest BCUT2D eigenvalue weighted by atomic mass is 9.89. The highest BCUT2D eigenvalue weighted by atomic mass is 35.5. The summed E-state index contributed by atoms with van der Waals surface area (Å²) in [5.74, 6) is 1.01. The summed E-state index contributed by atoms with van der Waals surface area (Å²) in [6.45, 7) is 0.719. The highest BCUT2D eigenvalue weighted by Crippen LogP contribution is 2.33. The first-order valence-electron chi connectivity index (χ1n) is 9.84. The van der Waals surface area contributed by atoms with Gasteiger partial charge in [-0.25, -0.2) is 9.97 Å². The van der Waals surface area contributed by atoms with E-state index in [0.29, 0.717) is 44.3 Å². The van der Waals surface area contributed by atoms with E-state index in [2.05, 4.69) is 20.6 Å². The molecule has 1 saturated carbocycles. The van der Waals surface area contributed by atoms with Gasteiger partial charge in [0.15, 0.2) is 5.65 Å². The monoisotopic (exact) mass is 431 g/mol. The molecule has 1 aromatic carbocycles. The number of aromatic nitrogens is 3. The van der Waals surface area contributed by atoms with Gasteiger partial charge in [0.25, 0.3) is 5.91 Å². The number of imidazole rings is 1. The molecule has 1 aliphatic rings. The third-order valence-corrected chi connectivity index (χ3v) is 6.08. The molecule has 1 amide bonds. The van der Waals surface area contributed by atoms with Crippen molar-refractivity contribution in [2.75, 3.05) is 11.9 Å². The minimum absolute atomic E-state index is 0.112. The number of hydrogen-bond acceptors (Lipinski definition) is 4. The highest BCUT2D eigenvalue weighted by molar-refractivity contribution is 6.39. The zero-order chi connectivity index (χ0) is 20.4. The number of para-hydroxylation sites is 1. The molecule has 0 aliphatic heterocycles. The van der Waals surface area contributed by atoms with Crippen LogP contribution in [0.1, 0.15) is 42.5 Å². The SMILES string of the molecule is Cn1c(Nc2c(Cl)cccc2Cl)nc2cc(C(=O)NCC3CCCCC3)cnc21. The second-order valence-electron chi connectivity index (χ2n) is 7.50. The molecule has 2 heterocycles. The Hall–Kier alpha value is -2.31. The molecule has 0 bridgehead atoms. The Morgan fingerprint density at radius 3 is 2.66 bits per heavy atom. The molecule has 152 valence electrons. The molecule has 0 atom stereocenters. The zero-order valence-corrected chi connectivity index (χ0v) is 17.7. The minimum Gasteiger partial charge on any atom is -0.352 e. The van der Waals surface area contributed by atoms with E-state index in [1.807, 2.05) is 7.05 Å². The number of halogens is 2. The summed E-state index contributed by atoms with van der Waals surface area (Å²) in [6, 6.07) is 7.05. The number of carbonyl (C=O) groups excluding carboxylic acids is 1. The van der Waals surface area contributed by atoms with Gasteiger partial charge in [-0.2, -0.15) is 0 Å². The predicted octanol–water partition coefficient (Wildman–Crippen LogP) is 5.33. The first kappa shape index (κ1) is 20.0. The molecule has 0 radical (unpaired) electrons. The van der Waals surface area contributed by atoms with Gasteiger partial charge in [-0.3, -0.25) is 9.36 Å². The van der Waals surface area contributed by atoms with Gasteiger partial charge in [-0.15, -0.1) is 0 Å². The van der Waals surface area contributed by atoms with E-state index in [-0.39, 0.29) is 5.91 Å². The number of rotatable bonds is 5. The van der Waals surface area contributed by atoms with Gasteiger partial charge in [-0.05, 0) is 37.0 Å². The Morgan fingerprint density at radius 2 is 1.93 bits per heavy atom. The summed E-state index contributed by atoms with van der Waals surface area (Å²) >= 11 is 12.5. The Kier molecular flexibility index (Phi) is 5.92. The molecule has 29 heavy (non-hydrogen) atoms. The molecular weight excluding hydrogens is 409 g/mol. The van der Waals surface area contributed by atoms with Crippen LogP contribution in [0.5, 0.6) is 0 Å². The molecule has 3 aromatic rings. The maximum absolute atomic E-state index is 12.6. The number of hydrogen-bond donors (Lipinski definition) is 2. The number of anilines is 2. The maximum Gasteiger partial charge on any atom is 0.252 e. The van der Waals surface area contributed by atoms with E-state index in [4.69, 9.17) is 23.2 Å². The number of carbonyl (C=O) groups is 1. The molecule has 2 N–H and O–H groups in total. The van der Waals surface area contributed by atoms with E-state index in [9.17, 15) is 4.79 Å². The van der Waals surface area contributed by atoms with Crippen molar-refractivity contribution in [2.24, 2.45) is 13.0 Å². The number of pyridine rings is 1. The van der Waals surface area contributed by atoms with Crippen LogP contribution in [0.3, 0.4) is 0 Å². The van der Waals surface area contributed by atoms with Gasteiger partial charge >= 0.3 is 0 Å². The smallest absolute Gasteiger partial charge is 0.252 e. The van der Waals surface area contributed by atoms with Crippen LogP contribution in [-0.2, 0) is 7.05 Å². The van der Waals surface area contributed by atoms with E-state index < -0.39 is 0 Å². The van der Waals surface area contributed by atoms with Crippen molar-refractivity contribution in [2.45, 2.75) is 32.1 Å². The molecule has 0 saturated heterocycles. The largest absolute Gasteiger partial charge is 0.352 e. The van der Waals surface area contributed by atoms with Crippen LogP contribution in [0, 0.1) is 5.92 Å². The van der Waals surface area contributed by atoms with Crippen LogP contribution in [0.2, 0.25) is 10.0 Å². The standard InChI is InChI=1S/C21H23Cl2N5O/c1-28-19-17(26-21(28)27-18-15(22)8-5-9-16(18)23)10-14(12-24-19)20(29)25-11-13-6-3-2-4-7-13/h5,8-10,12-13H,2-4,6-7,11H2,1H3,(H,25,29)(H,26,27). The number of aryl methyl sites for hydroxylation is 1. The van der Waals surface area contributed by atoms with Crippen LogP contribution in [-0.4, -0.2) is 27.0 Å². The third kappa shape index (κ3) is 4.33. The summed E-state index contributed by atoms with van der Waals surface area (Å²) in [4.78, 5) is 21.6. The van der Waals surface area contributed by atoms with Crippen molar-refractivity contribution in [1.29, 1.82) is 0 Å². The van der Waals surface area contributed by atoms with Crippen LogP contribution >= 0.6 is 23.2 Å². The van der Waals surface area contributed by atoms with Crippen molar-refractivity contribution < 1.29 is 4.79 Å². The highest BCUT2D eigenvalue weighted by Gasteiger charge is 2.17. The summed E-state index contributed by atoms with van der Waals surface area (Å²) in [7, 11) is 1.85. The molecular formula is C21H23Cl2N5O. The molecule has 1 fully saturated rings. The number of benzene rings is 1. The Labute approximate surface area is 179 Å². The van der Waals surface area contributed by atoms with Crippen LogP contribution < -0.4 is 10.6 Å². The Balaban J connectivity index is 1.53. The first-order valence-corrected chi connectivity index (χ1v) is 10.6. The molecule has 2 aromatic heterocycles. The number of nitrogens with one attached hydrogen (secondary N) is 2. The second kappa shape index (κ2) is 8.59. The van der Waals surface area contributed by atoms with Crippen molar-refractivity contribution >= 4 is 51.9 Å². The zero-order valence-electron chi connectivity index (χ0n) is 16.2. The summed E-state index contributed by atoms with van der Waals surface area (Å²) < 4.78 is 1.80. The summed E-state index contributed by atoms with van der Waals surface area (Å²) in [6.07, 6.45) is 7.79. The van der Waals surface area contributed by atoms with E-state index >= 15 is 0 Å². The molecule has 4 rings (SSSR count). The van der Waals surface area contributed by atoms with Gasteiger partial charge < -0.3 is 10.6 Å². The average molecular weight is 432 g/mol. The van der Waals surface area contributed by atoms with Crippen molar-refractivity contribution in [3.05, 3.63) is 46.1 Å². The van der Waals surface area contributed by atoms with Gasteiger partial charge in [0.2, 0.25) is 5.95 Å². The lowest BCUT2D eigenvalue weighted by Gasteiger charge is -2.21. The van der Waals surface area contributed by atoms with Crippen LogP contribution in [0.4, 0.5) is 11.6 Å². The van der Waals surface area contributed by atoms with Crippen LogP contribution in [0.15, 0.2) is 30.5 Å². The lowest BCUT2D eigenvalue weighted by molar-refractivity contribution is 0.0943. The fourth-order valence-corrected chi connectivity index (χ4v) is 4.26.